The Bertz CT molecular complexity index is 339. The molecule has 0 aliphatic carbocycles. The third-order valence-electron chi connectivity index (χ3n) is 3.47. The number of aromatic nitrogens is 2. The molecule has 0 fully saturated rings. The van der Waals surface area contributed by atoms with E-state index in [0.717, 1.165) is 13.0 Å². The fraction of sp³-hybridized carbons (Fsp3) is 0.733. The minimum atomic E-state index is -1.25. The molecular formula is C15H28N2O3. The van der Waals surface area contributed by atoms with E-state index in [1.54, 1.807) is 0 Å². The van der Waals surface area contributed by atoms with E-state index in [-0.39, 0.29) is 0 Å². The van der Waals surface area contributed by atoms with Crippen molar-refractivity contribution in [3.05, 3.63) is 18.7 Å². The topological polar surface area (TPSA) is 64.4 Å². The third-order valence-corrected chi connectivity index (χ3v) is 3.47. The van der Waals surface area contributed by atoms with Crippen LogP contribution in [0.1, 0.15) is 58.9 Å². The van der Waals surface area contributed by atoms with Gasteiger partial charge in [0.1, 0.15) is 0 Å². The zero-order valence-electron chi connectivity index (χ0n) is 13.1. The van der Waals surface area contributed by atoms with Gasteiger partial charge in [0.05, 0.1) is 13.4 Å². The number of hydrogen-bond acceptors (Lipinski definition) is 3. The molecule has 20 heavy (non-hydrogen) atoms. The van der Waals surface area contributed by atoms with E-state index < -0.39 is 6.16 Å². The quantitative estimate of drug-likeness (QED) is 0.755. The van der Waals surface area contributed by atoms with Crippen LogP contribution < -0.4 is 0 Å². The van der Waals surface area contributed by atoms with Crippen molar-refractivity contribution >= 4 is 6.16 Å². The first-order valence-corrected chi connectivity index (χ1v) is 7.33. The molecule has 0 bridgehead atoms. The van der Waals surface area contributed by atoms with Crippen molar-refractivity contribution in [3.8, 4) is 0 Å². The van der Waals surface area contributed by atoms with Crippen LogP contribution in [0.5, 0.6) is 0 Å². The fourth-order valence-electron chi connectivity index (χ4n) is 2.27. The van der Waals surface area contributed by atoms with Gasteiger partial charge in [-0.25, -0.2) is 9.78 Å². The highest BCUT2D eigenvalue weighted by Gasteiger charge is 2.14. The van der Waals surface area contributed by atoms with Crippen LogP contribution in [0.15, 0.2) is 18.7 Å². The first-order chi connectivity index (χ1) is 9.58. The Balaban J connectivity index is 0.000000621. The molecule has 1 aromatic rings. The summed E-state index contributed by atoms with van der Waals surface area (Å²) in [5.74, 6) is 0.877. The van der Waals surface area contributed by atoms with E-state index in [4.69, 9.17) is 9.90 Å². The summed E-state index contributed by atoms with van der Waals surface area (Å²) >= 11 is 0. The largest absolute Gasteiger partial charge is 0.505 e. The van der Waals surface area contributed by atoms with Gasteiger partial charge in [0.2, 0.25) is 0 Å². The number of carboxylic acid groups (broad SMARTS) is 1. The van der Waals surface area contributed by atoms with Gasteiger partial charge in [0.25, 0.3) is 0 Å². The number of imidazole rings is 1. The van der Waals surface area contributed by atoms with Gasteiger partial charge in [-0.05, 0) is 18.8 Å². The van der Waals surface area contributed by atoms with Crippen LogP contribution in [0.4, 0.5) is 4.79 Å². The molecule has 0 radical (unpaired) electrons. The van der Waals surface area contributed by atoms with Crippen LogP contribution in [-0.4, -0.2) is 27.9 Å². The highest BCUT2D eigenvalue weighted by atomic mass is 16.6. The van der Waals surface area contributed by atoms with Gasteiger partial charge in [0, 0.05) is 18.4 Å². The van der Waals surface area contributed by atoms with Crippen molar-refractivity contribution < 1.29 is 14.6 Å². The number of methoxy groups -OCH3 is 1. The lowest BCUT2D eigenvalue weighted by Gasteiger charge is -2.22. The molecule has 1 rings (SSSR count). The summed E-state index contributed by atoms with van der Waals surface area (Å²) < 4.78 is 5.93. The molecule has 5 heteroatoms. The van der Waals surface area contributed by atoms with Gasteiger partial charge in [-0.15, -0.1) is 0 Å². The highest BCUT2D eigenvalue weighted by Crippen LogP contribution is 2.25. The van der Waals surface area contributed by atoms with E-state index in [9.17, 15) is 0 Å². The number of hydrogen-bond donors (Lipinski definition) is 1. The summed E-state index contributed by atoms with van der Waals surface area (Å²) in [5.41, 5.74) is 0. The number of carbonyl (C=O) groups is 1. The Morgan fingerprint density at radius 1 is 1.35 bits per heavy atom. The molecule has 0 saturated heterocycles. The standard InChI is InChI=1S/C13H24N2.C2H4O3/c1-4-7-12(5-2)10-13(6-3)15-9-8-14-11-15;1-5-2(3)4/h8-9,11-13H,4-7,10H2,1-3H3;1H3,(H,3,4). The smallest absolute Gasteiger partial charge is 0.450 e. The predicted molar refractivity (Wildman–Crippen MR) is 79.9 cm³/mol. The number of nitrogens with zero attached hydrogens (tertiary/aromatic N) is 2. The lowest BCUT2D eigenvalue weighted by molar-refractivity contribution is 0.114. The van der Waals surface area contributed by atoms with Gasteiger partial charge in [0.15, 0.2) is 0 Å². The molecule has 0 aliphatic rings. The third kappa shape index (κ3) is 7.81. The normalized spacial score (nSPS) is 13.0. The number of rotatable bonds is 7. The van der Waals surface area contributed by atoms with Crippen molar-refractivity contribution in [1.29, 1.82) is 0 Å². The monoisotopic (exact) mass is 284 g/mol. The average Bonchev–Trinajstić information content (AvgIpc) is 2.98. The zero-order valence-corrected chi connectivity index (χ0v) is 13.1. The Morgan fingerprint density at radius 3 is 2.35 bits per heavy atom. The zero-order chi connectivity index (χ0) is 15.4. The Kier molecular flexibility index (Phi) is 10.5. The molecule has 2 unspecified atom stereocenters. The maximum atomic E-state index is 9.15. The molecule has 116 valence electrons. The molecule has 1 heterocycles. The maximum absolute atomic E-state index is 9.15. The van der Waals surface area contributed by atoms with Crippen LogP contribution in [0.3, 0.4) is 0 Å². The summed E-state index contributed by atoms with van der Waals surface area (Å²) in [6.07, 6.45) is 11.2. The van der Waals surface area contributed by atoms with Crippen LogP contribution in [-0.2, 0) is 4.74 Å². The van der Waals surface area contributed by atoms with Crippen molar-refractivity contribution in [3.63, 3.8) is 0 Å². The molecule has 1 aromatic heterocycles. The van der Waals surface area contributed by atoms with Crippen LogP contribution in [0.2, 0.25) is 0 Å². The second-order valence-electron chi connectivity index (χ2n) is 4.84. The molecule has 1 N–H and O–H groups in total. The average molecular weight is 284 g/mol. The lowest BCUT2D eigenvalue weighted by atomic mass is 9.92. The molecule has 0 saturated carbocycles. The molecule has 0 amide bonds. The van der Waals surface area contributed by atoms with Gasteiger partial charge in [-0.2, -0.15) is 0 Å². The second-order valence-corrected chi connectivity index (χ2v) is 4.84. The summed E-state index contributed by atoms with van der Waals surface area (Å²) in [6.45, 7) is 6.85. The minimum Gasteiger partial charge on any atom is -0.450 e. The van der Waals surface area contributed by atoms with Crippen molar-refractivity contribution in [2.24, 2.45) is 5.92 Å². The predicted octanol–water partition coefficient (Wildman–Crippen LogP) is 4.36. The first-order valence-electron chi connectivity index (χ1n) is 7.33. The summed E-state index contributed by atoms with van der Waals surface area (Å²) in [5, 5.41) is 7.50. The van der Waals surface area contributed by atoms with E-state index in [2.05, 4.69) is 41.3 Å². The van der Waals surface area contributed by atoms with E-state index in [1.165, 1.54) is 32.1 Å². The number of ether oxygens (including phenoxy) is 1. The van der Waals surface area contributed by atoms with Crippen LogP contribution in [0, 0.1) is 5.92 Å². The second kappa shape index (κ2) is 11.3. The molecule has 0 aliphatic heterocycles. The van der Waals surface area contributed by atoms with Gasteiger partial charge < -0.3 is 14.4 Å². The SMILES string of the molecule is CCCC(CC)CC(CC)n1ccnc1.COC(=O)O. The molecular weight excluding hydrogens is 256 g/mol. The van der Waals surface area contributed by atoms with E-state index in [0.29, 0.717) is 6.04 Å². The highest BCUT2D eigenvalue weighted by molar-refractivity contribution is 5.56. The molecule has 2 atom stereocenters. The van der Waals surface area contributed by atoms with Gasteiger partial charge in [-0.3, -0.25) is 0 Å². The summed E-state index contributed by atoms with van der Waals surface area (Å²) in [6, 6.07) is 0.643. The Morgan fingerprint density at radius 2 is 2.00 bits per heavy atom. The Hall–Kier alpha value is -1.52. The van der Waals surface area contributed by atoms with E-state index in [1.807, 2.05) is 12.5 Å². The molecule has 5 nitrogen and oxygen atoms in total. The van der Waals surface area contributed by atoms with Crippen molar-refractivity contribution in [2.75, 3.05) is 7.11 Å². The maximum Gasteiger partial charge on any atom is 0.505 e. The molecule has 0 spiro atoms. The van der Waals surface area contributed by atoms with Crippen LogP contribution >= 0.6 is 0 Å². The van der Waals surface area contributed by atoms with E-state index >= 15 is 0 Å². The first kappa shape index (κ1) is 18.5. The van der Waals surface area contributed by atoms with Crippen molar-refractivity contribution in [2.45, 2.75) is 58.9 Å². The minimum absolute atomic E-state index is 0.643. The fourth-order valence-corrected chi connectivity index (χ4v) is 2.27. The Labute approximate surface area is 122 Å². The van der Waals surface area contributed by atoms with Crippen molar-refractivity contribution in [1.82, 2.24) is 9.55 Å². The summed E-state index contributed by atoms with van der Waals surface area (Å²) in [4.78, 5) is 13.3. The van der Waals surface area contributed by atoms with Gasteiger partial charge >= 0.3 is 6.16 Å². The molecule has 0 aromatic carbocycles. The van der Waals surface area contributed by atoms with Crippen LogP contribution in [0.25, 0.3) is 0 Å². The van der Waals surface area contributed by atoms with Gasteiger partial charge in [-0.1, -0.05) is 40.0 Å². The lowest BCUT2D eigenvalue weighted by Crippen LogP contribution is -2.11. The summed E-state index contributed by atoms with van der Waals surface area (Å²) in [7, 11) is 1.10.